The summed E-state index contributed by atoms with van der Waals surface area (Å²) >= 11 is 0. The smallest absolute Gasteiger partial charge is 0.318 e. The third-order valence-electron chi connectivity index (χ3n) is 2.31. The van der Waals surface area contributed by atoms with Crippen LogP contribution in [0.2, 0.25) is 0 Å². The molecule has 0 saturated carbocycles. The Morgan fingerprint density at radius 1 is 1.11 bits per heavy atom. The van der Waals surface area contributed by atoms with E-state index < -0.39 is 12.1 Å². The molecule has 0 radical (unpaired) electrons. The van der Waals surface area contributed by atoms with Crippen molar-refractivity contribution >= 4 is 11.6 Å². The second kappa shape index (κ2) is 4.63. The Balaban J connectivity index is 2.15. The van der Waals surface area contributed by atoms with Gasteiger partial charge in [-0.15, -0.1) is 0 Å². The standard InChI is InChI=1S/C11H8F3N3O2/c12-11(13,14)10(19)15-7-3-1-6(2-4-7)8-5-9(18)17-16-8/h1-5H,(H,15,19)(H2,16,17,18). The Morgan fingerprint density at radius 3 is 2.21 bits per heavy atom. The van der Waals surface area contributed by atoms with Crippen molar-refractivity contribution in [1.82, 2.24) is 10.2 Å². The Bertz CT molecular complexity index is 640. The lowest BCUT2D eigenvalue weighted by Gasteiger charge is -2.08. The molecule has 0 aliphatic heterocycles. The quantitative estimate of drug-likeness (QED) is 0.779. The normalized spacial score (nSPS) is 11.3. The summed E-state index contributed by atoms with van der Waals surface area (Å²) < 4.78 is 36.1. The van der Waals surface area contributed by atoms with Crippen LogP contribution in [0, 0.1) is 0 Å². The average molecular weight is 271 g/mol. The fourth-order valence-electron chi connectivity index (χ4n) is 1.42. The van der Waals surface area contributed by atoms with Gasteiger partial charge in [-0.1, -0.05) is 12.1 Å². The minimum absolute atomic E-state index is 0.0176. The van der Waals surface area contributed by atoms with Crippen LogP contribution in [-0.4, -0.2) is 22.3 Å². The van der Waals surface area contributed by atoms with Gasteiger partial charge in [0.15, 0.2) is 0 Å². The lowest BCUT2D eigenvalue weighted by atomic mass is 10.1. The van der Waals surface area contributed by atoms with E-state index >= 15 is 0 Å². The van der Waals surface area contributed by atoms with E-state index in [1.165, 1.54) is 30.3 Å². The molecule has 1 aromatic carbocycles. The first-order chi connectivity index (χ1) is 8.86. The lowest BCUT2D eigenvalue weighted by molar-refractivity contribution is -0.167. The fourth-order valence-corrected chi connectivity index (χ4v) is 1.42. The van der Waals surface area contributed by atoms with Crippen molar-refractivity contribution in [2.24, 2.45) is 0 Å². The molecule has 0 bridgehead atoms. The van der Waals surface area contributed by atoms with E-state index in [0.29, 0.717) is 11.3 Å². The maximum absolute atomic E-state index is 12.0. The number of aromatic amines is 2. The molecule has 2 rings (SSSR count). The molecule has 0 spiro atoms. The van der Waals surface area contributed by atoms with Crippen LogP contribution in [0.5, 0.6) is 0 Å². The monoisotopic (exact) mass is 271 g/mol. The first-order valence-electron chi connectivity index (χ1n) is 5.12. The molecular formula is C11H8F3N3O2. The number of hydrogen-bond acceptors (Lipinski definition) is 2. The summed E-state index contributed by atoms with van der Waals surface area (Å²) in [4.78, 5) is 21.6. The summed E-state index contributed by atoms with van der Waals surface area (Å²) in [5.41, 5.74) is 0.801. The lowest BCUT2D eigenvalue weighted by Crippen LogP contribution is -2.29. The van der Waals surface area contributed by atoms with Crippen molar-refractivity contribution in [3.8, 4) is 11.3 Å². The molecule has 2 aromatic rings. The predicted molar refractivity (Wildman–Crippen MR) is 61.5 cm³/mol. The van der Waals surface area contributed by atoms with Gasteiger partial charge in [-0.2, -0.15) is 13.2 Å². The number of carbonyl (C=O) groups is 1. The number of carbonyl (C=O) groups excluding carboxylic acids is 1. The summed E-state index contributed by atoms with van der Waals surface area (Å²) in [6.07, 6.45) is -4.93. The van der Waals surface area contributed by atoms with Crippen LogP contribution >= 0.6 is 0 Å². The molecule has 100 valence electrons. The summed E-state index contributed by atoms with van der Waals surface area (Å²) in [5.74, 6) is -2.03. The fraction of sp³-hybridized carbons (Fsp3) is 0.0909. The molecule has 1 heterocycles. The van der Waals surface area contributed by atoms with Crippen molar-refractivity contribution < 1.29 is 18.0 Å². The largest absolute Gasteiger partial charge is 0.471 e. The number of nitrogens with one attached hydrogen (secondary N) is 3. The van der Waals surface area contributed by atoms with Gasteiger partial charge >= 0.3 is 12.1 Å². The first kappa shape index (κ1) is 12.9. The topological polar surface area (TPSA) is 77.8 Å². The number of hydrogen-bond donors (Lipinski definition) is 3. The van der Waals surface area contributed by atoms with Crippen LogP contribution in [0.4, 0.5) is 18.9 Å². The van der Waals surface area contributed by atoms with Crippen LogP contribution in [0.1, 0.15) is 0 Å². The predicted octanol–water partition coefficient (Wildman–Crippen LogP) is 1.87. The highest BCUT2D eigenvalue weighted by Crippen LogP contribution is 2.21. The van der Waals surface area contributed by atoms with E-state index in [2.05, 4.69) is 10.2 Å². The Hall–Kier alpha value is -2.51. The third-order valence-corrected chi connectivity index (χ3v) is 2.31. The van der Waals surface area contributed by atoms with Crippen LogP contribution in [0.3, 0.4) is 0 Å². The first-order valence-corrected chi connectivity index (χ1v) is 5.12. The van der Waals surface area contributed by atoms with E-state index in [1.807, 2.05) is 0 Å². The zero-order valence-electron chi connectivity index (χ0n) is 9.34. The SMILES string of the molecule is O=C(Nc1ccc(-c2cc(=O)[nH][nH]2)cc1)C(F)(F)F. The van der Waals surface area contributed by atoms with Gasteiger partial charge in [0.1, 0.15) is 0 Å². The second-order valence-corrected chi connectivity index (χ2v) is 3.70. The van der Waals surface area contributed by atoms with E-state index in [-0.39, 0.29) is 11.2 Å². The average Bonchev–Trinajstić information content (AvgIpc) is 2.75. The number of alkyl halides is 3. The zero-order chi connectivity index (χ0) is 14.0. The van der Waals surface area contributed by atoms with Crippen molar-refractivity contribution in [2.75, 3.05) is 5.32 Å². The molecular weight excluding hydrogens is 263 g/mol. The summed E-state index contributed by atoms with van der Waals surface area (Å²) in [6.45, 7) is 0. The highest BCUT2D eigenvalue weighted by molar-refractivity contribution is 5.95. The molecule has 0 aliphatic carbocycles. The van der Waals surface area contributed by atoms with E-state index in [1.54, 1.807) is 5.32 Å². The molecule has 3 N–H and O–H groups in total. The van der Waals surface area contributed by atoms with Gasteiger partial charge < -0.3 is 5.32 Å². The zero-order valence-corrected chi connectivity index (χ0v) is 9.34. The number of rotatable bonds is 2. The van der Waals surface area contributed by atoms with Gasteiger partial charge in [0, 0.05) is 11.8 Å². The van der Waals surface area contributed by atoms with Crippen molar-refractivity contribution in [3.05, 3.63) is 40.7 Å². The summed E-state index contributed by atoms with van der Waals surface area (Å²) in [7, 11) is 0. The van der Waals surface area contributed by atoms with Crippen LogP contribution < -0.4 is 10.9 Å². The molecule has 0 fully saturated rings. The number of aromatic nitrogens is 2. The molecule has 0 atom stereocenters. The van der Waals surface area contributed by atoms with Crippen molar-refractivity contribution in [2.45, 2.75) is 6.18 Å². The van der Waals surface area contributed by atoms with Gasteiger partial charge in [-0.25, -0.2) is 0 Å². The summed E-state index contributed by atoms with van der Waals surface area (Å²) in [5, 5.41) is 6.66. The number of H-pyrrole nitrogens is 2. The molecule has 1 aromatic heterocycles. The van der Waals surface area contributed by atoms with Crippen LogP contribution in [-0.2, 0) is 4.79 Å². The number of benzene rings is 1. The van der Waals surface area contributed by atoms with Gasteiger partial charge in [0.25, 0.3) is 5.56 Å². The second-order valence-electron chi connectivity index (χ2n) is 3.70. The van der Waals surface area contributed by atoms with Crippen molar-refractivity contribution in [1.29, 1.82) is 0 Å². The molecule has 19 heavy (non-hydrogen) atoms. The van der Waals surface area contributed by atoms with E-state index in [9.17, 15) is 22.8 Å². The highest BCUT2D eigenvalue weighted by atomic mass is 19.4. The van der Waals surface area contributed by atoms with Gasteiger partial charge in [0.2, 0.25) is 0 Å². The van der Waals surface area contributed by atoms with Gasteiger partial charge in [0.05, 0.1) is 5.69 Å². The maximum atomic E-state index is 12.0. The number of amides is 1. The molecule has 8 heteroatoms. The molecule has 0 saturated heterocycles. The molecule has 0 aliphatic rings. The summed E-state index contributed by atoms with van der Waals surface area (Å²) in [6, 6.07) is 6.88. The molecule has 0 unspecified atom stereocenters. The highest BCUT2D eigenvalue weighted by Gasteiger charge is 2.38. The minimum Gasteiger partial charge on any atom is -0.318 e. The Labute approximate surface area is 104 Å². The van der Waals surface area contributed by atoms with E-state index in [4.69, 9.17) is 0 Å². The Kier molecular flexibility index (Phi) is 3.16. The Morgan fingerprint density at radius 2 is 1.74 bits per heavy atom. The molecule has 1 amide bonds. The molecule has 5 nitrogen and oxygen atoms in total. The minimum atomic E-state index is -4.93. The van der Waals surface area contributed by atoms with Crippen LogP contribution in [0.15, 0.2) is 35.1 Å². The maximum Gasteiger partial charge on any atom is 0.471 e. The van der Waals surface area contributed by atoms with Crippen LogP contribution in [0.25, 0.3) is 11.3 Å². The third kappa shape index (κ3) is 3.03. The van der Waals surface area contributed by atoms with Gasteiger partial charge in [-0.05, 0) is 17.7 Å². The number of anilines is 1. The van der Waals surface area contributed by atoms with Crippen molar-refractivity contribution in [3.63, 3.8) is 0 Å². The number of halogens is 3. The van der Waals surface area contributed by atoms with E-state index in [0.717, 1.165) is 0 Å². The van der Waals surface area contributed by atoms with Gasteiger partial charge in [-0.3, -0.25) is 19.8 Å².